The number of nitrogens with zero attached hydrogens (tertiary/aromatic N) is 1. The van der Waals surface area contributed by atoms with E-state index in [0.29, 0.717) is 6.04 Å². The first-order chi connectivity index (χ1) is 6.93. The SMILES string of the molecule is CC(=O)C(C)(C)CN(C)C1CCOCC1. The molecule has 1 aliphatic rings. The van der Waals surface area contributed by atoms with Crippen molar-refractivity contribution in [1.29, 1.82) is 0 Å². The summed E-state index contributed by atoms with van der Waals surface area (Å²) < 4.78 is 5.33. The first-order valence-electron chi connectivity index (χ1n) is 5.72. The highest BCUT2D eigenvalue weighted by Crippen LogP contribution is 2.21. The number of hydrogen-bond acceptors (Lipinski definition) is 3. The maximum Gasteiger partial charge on any atom is 0.136 e. The number of ether oxygens (including phenoxy) is 1. The van der Waals surface area contributed by atoms with Gasteiger partial charge in [-0.1, -0.05) is 13.8 Å². The van der Waals surface area contributed by atoms with Crippen LogP contribution in [-0.4, -0.2) is 43.5 Å². The van der Waals surface area contributed by atoms with E-state index in [1.165, 1.54) is 0 Å². The van der Waals surface area contributed by atoms with Crippen LogP contribution in [0.3, 0.4) is 0 Å². The Morgan fingerprint density at radius 1 is 1.40 bits per heavy atom. The van der Waals surface area contributed by atoms with E-state index in [2.05, 4.69) is 11.9 Å². The highest BCUT2D eigenvalue weighted by molar-refractivity contribution is 5.81. The second-order valence-electron chi connectivity index (χ2n) is 5.20. The van der Waals surface area contributed by atoms with E-state index in [1.807, 2.05) is 13.8 Å². The van der Waals surface area contributed by atoms with Gasteiger partial charge in [0.25, 0.3) is 0 Å². The molecule has 0 aliphatic carbocycles. The van der Waals surface area contributed by atoms with Crippen LogP contribution in [-0.2, 0) is 9.53 Å². The first kappa shape index (κ1) is 12.7. The van der Waals surface area contributed by atoms with Crippen molar-refractivity contribution in [2.24, 2.45) is 5.41 Å². The fraction of sp³-hybridized carbons (Fsp3) is 0.917. The summed E-state index contributed by atoms with van der Waals surface area (Å²) in [6.07, 6.45) is 2.18. The van der Waals surface area contributed by atoms with Gasteiger partial charge in [-0.05, 0) is 26.8 Å². The van der Waals surface area contributed by atoms with Gasteiger partial charge in [0.2, 0.25) is 0 Å². The van der Waals surface area contributed by atoms with Gasteiger partial charge in [-0.15, -0.1) is 0 Å². The third kappa shape index (κ3) is 3.58. The Hall–Kier alpha value is -0.410. The fourth-order valence-electron chi connectivity index (χ4n) is 1.99. The smallest absolute Gasteiger partial charge is 0.136 e. The van der Waals surface area contributed by atoms with Crippen molar-refractivity contribution in [2.45, 2.75) is 39.7 Å². The van der Waals surface area contributed by atoms with Crippen molar-refractivity contribution in [3.8, 4) is 0 Å². The predicted octanol–water partition coefficient (Wildman–Crippen LogP) is 1.71. The minimum absolute atomic E-state index is 0.229. The lowest BCUT2D eigenvalue weighted by atomic mass is 9.87. The summed E-state index contributed by atoms with van der Waals surface area (Å²) in [6.45, 7) is 8.27. The molecule has 1 saturated heterocycles. The predicted molar refractivity (Wildman–Crippen MR) is 60.9 cm³/mol. The fourth-order valence-corrected chi connectivity index (χ4v) is 1.99. The summed E-state index contributed by atoms with van der Waals surface area (Å²) in [4.78, 5) is 13.7. The van der Waals surface area contributed by atoms with Crippen LogP contribution in [0.5, 0.6) is 0 Å². The molecule has 0 atom stereocenters. The van der Waals surface area contributed by atoms with Gasteiger partial charge < -0.3 is 9.64 Å². The molecule has 3 heteroatoms. The Balaban J connectivity index is 2.46. The monoisotopic (exact) mass is 213 g/mol. The van der Waals surface area contributed by atoms with E-state index < -0.39 is 0 Å². The molecule has 88 valence electrons. The molecule has 0 aromatic carbocycles. The van der Waals surface area contributed by atoms with Gasteiger partial charge in [0, 0.05) is 31.2 Å². The van der Waals surface area contributed by atoms with E-state index in [-0.39, 0.29) is 11.2 Å². The van der Waals surface area contributed by atoms with Gasteiger partial charge in [0.1, 0.15) is 5.78 Å². The molecule has 1 fully saturated rings. The van der Waals surface area contributed by atoms with Crippen LogP contribution in [0.1, 0.15) is 33.6 Å². The number of Topliss-reactive ketones (excluding diaryl/α,β-unsaturated/α-hetero) is 1. The lowest BCUT2D eigenvalue weighted by molar-refractivity contribution is -0.126. The van der Waals surface area contributed by atoms with Crippen molar-refractivity contribution >= 4 is 5.78 Å². The van der Waals surface area contributed by atoms with Crippen LogP contribution in [0.2, 0.25) is 0 Å². The molecule has 0 saturated carbocycles. The summed E-state index contributed by atoms with van der Waals surface area (Å²) >= 11 is 0. The normalized spacial score (nSPS) is 19.5. The summed E-state index contributed by atoms with van der Waals surface area (Å²) in [5.74, 6) is 0.265. The molecule has 0 spiro atoms. The molecule has 0 amide bonds. The lowest BCUT2D eigenvalue weighted by Crippen LogP contribution is -2.43. The second kappa shape index (κ2) is 5.08. The minimum Gasteiger partial charge on any atom is -0.381 e. The summed E-state index contributed by atoms with van der Waals surface area (Å²) in [5.41, 5.74) is -0.229. The third-order valence-electron chi connectivity index (χ3n) is 3.41. The van der Waals surface area contributed by atoms with Crippen LogP contribution in [0, 0.1) is 5.41 Å². The molecule has 0 aromatic heterocycles. The average Bonchev–Trinajstić information content (AvgIpc) is 2.18. The number of rotatable bonds is 4. The van der Waals surface area contributed by atoms with E-state index in [4.69, 9.17) is 4.74 Å². The Kier molecular flexibility index (Phi) is 4.29. The Morgan fingerprint density at radius 2 is 1.93 bits per heavy atom. The molecule has 1 aliphatic heterocycles. The number of ketones is 1. The number of carbonyl (C=O) groups is 1. The van der Waals surface area contributed by atoms with E-state index in [9.17, 15) is 4.79 Å². The summed E-state index contributed by atoms with van der Waals surface area (Å²) in [7, 11) is 2.11. The maximum absolute atomic E-state index is 11.4. The third-order valence-corrected chi connectivity index (χ3v) is 3.41. The minimum atomic E-state index is -0.229. The Bertz CT molecular complexity index is 220. The molecule has 0 radical (unpaired) electrons. The Morgan fingerprint density at radius 3 is 2.40 bits per heavy atom. The highest BCUT2D eigenvalue weighted by atomic mass is 16.5. The zero-order chi connectivity index (χ0) is 11.5. The van der Waals surface area contributed by atoms with Gasteiger partial charge in [-0.3, -0.25) is 4.79 Å². The van der Waals surface area contributed by atoms with Crippen molar-refractivity contribution in [3.05, 3.63) is 0 Å². The zero-order valence-electron chi connectivity index (χ0n) is 10.4. The maximum atomic E-state index is 11.4. The van der Waals surface area contributed by atoms with E-state index >= 15 is 0 Å². The van der Waals surface area contributed by atoms with Crippen molar-refractivity contribution < 1.29 is 9.53 Å². The van der Waals surface area contributed by atoms with E-state index in [1.54, 1.807) is 6.92 Å². The number of hydrogen-bond donors (Lipinski definition) is 0. The highest BCUT2D eigenvalue weighted by Gasteiger charge is 2.28. The molecule has 15 heavy (non-hydrogen) atoms. The molecule has 1 rings (SSSR count). The first-order valence-corrected chi connectivity index (χ1v) is 5.72. The quantitative estimate of drug-likeness (QED) is 0.712. The van der Waals surface area contributed by atoms with Crippen LogP contribution in [0.4, 0.5) is 0 Å². The lowest BCUT2D eigenvalue weighted by Gasteiger charge is -2.35. The second-order valence-corrected chi connectivity index (χ2v) is 5.20. The van der Waals surface area contributed by atoms with Gasteiger partial charge in [0.15, 0.2) is 0 Å². The van der Waals surface area contributed by atoms with Crippen molar-refractivity contribution in [1.82, 2.24) is 4.90 Å². The molecular weight excluding hydrogens is 190 g/mol. The van der Waals surface area contributed by atoms with Crippen LogP contribution in [0.25, 0.3) is 0 Å². The van der Waals surface area contributed by atoms with Crippen molar-refractivity contribution in [3.63, 3.8) is 0 Å². The van der Waals surface area contributed by atoms with Crippen LogP contribution < -0.4 is 0 Å². The molecule has 3 nitrogen and oxygen atoms in total. The molecule has 0 bridgehead atoms. The van der Waals surface area contributed by atoms with Crippen molar-refractivity contribution in [2.75, 3.05) is 26.8 Å². The van der Waals surface area contributed by atoms with Gasteiger partial charge in [-0.25, -0.2) is 0 Å². The molecule has 0 aromatic rings. The average molecular weight is 213 g/mol. The molecule has 0 unspecified atom stereocenters. The standard InChI is InChI=1S/C12H23NO2/c1-10(14)12(2,3)9-13(4)11-5-7-15-8-6-11/h11H,5-9H2,1-4H3. The van der Waals surface area contributed by atoms with Crippen LogP contribution in [0.15, 0.2) is 0 Å². The molecular formula is C12H23NO2. The largest absolute Gasteiger partial charge is 0.381 e. The van der Waals surface area contributed by atoms with Crippen LogP contribution >= 0.6 is 0 Å². The topological polar surface area (TPSA) is 29.5 Å². The van der Waals surface area contributed by atoms with Gasteiger partial charge in [-0.2, -0.15) is 0 Å². The Labute approximate surface area is 92.8 Å². The van der Waals surface area contributed by atoms with Gasteiger partial charge >= 0.3 is 0 Å². The number of carbonyl (C=O) groups excluding carboxylic acids is 1. The zero-order valence-corrected chi connectivity index (χ0v) is 10.4. The molecule has 1 heterocycles. The molecule has 0 N–H and O–H groups in total. The summed E-state index contributed by atoms with van der Waals surface area (Å²) in [5, 5.41) is 0. The summed E-state index contributed by atoms with van der Waals surface area (Å²) in [6, 6.07) is 0.581. The van der Waals surface area contributed by atoms with E-state index in [0.717, 1.165) is 32.6 Å². The van der Waals surface area contributed by atoms with Gasteiger partial charge in [0.05, 0.1) is 0 Å².